The van der Waals surface area contributed by atoms with E-state index < -0.39 is 39.3 Å². The Balaban J connectivity index is 2.88. The monoisotopic (exact) mass is 298 g/mol. The van der Waals surface area contributed by atoms with Crippen molar-refractivity contribution in [2.75, 3.05) is 13.7 Å². The molecule has 0 fully saturated rings. The second-order valence-corrected chi connectivity index (χ2v) is 4.93. The van der Waals surface area contributed by atoms with E-state index in [2.05, 4.69) is 8.92 Å². The number of carbonyl (C=O) groups is 1. The third-order valence-electron chi connectivity index (χ3n) is 2.03. The van der Waals surface area contributed by atoms with Crippen molar-refractivity contribution in [1.82, 2.24) is 0 Å². The van der Waals surface area contributed by atoms with Crippen molar-refractivity contribution >= 4 is 16.1 Å². The Bertz CT molecular complexity index is 548. The number of hydrogen-bond acceptors (Lipinski definition) is 5. The normalized spacial score (nSPS) is 12.2. The van der Waals surface area contributed by atoms with Gasteiger partial charge in [0.25, 0.3) is 10.1 Å². The van der Waals surface area contributed by atoms with E-state index in [1.165, 1.54) is 0 Å². The van der Waals surface area contributed by atoms with Crippen LogP contribution in [-0.2, 0) is 30.0 Å². The molecular weight excluding hydrogens is 289 g/mol. The highest BCUT2D eigenvalue weighted by molar-refractivity contribution is 7.86. The molecule has 0 atom stereocenters. The van der Waals surface area contributed by atoms with Gasteiger partial charge in [-0.05, 0) is 24.3 Å². The second-order valence-electron chi connectivity index (χ2n) is 3.31. The maximum absolute atomic E-state index is 12.3. The summed E-state index contributed by atoms with van der Waals surface area (Å²) in [6, 6.07) is 2.70. The molecule has 9 heteroatoms. The van der Waals surface area contributed by atoms with Gasteiger partial charge in [0.15, 0.2) is 6.61 Å². The molecule has 0 saturated carbocycles. The lowest BCUT2D eigenvalue weighted by Gasteiger charge is -2.08. The van der Waals surface area contributed by atoms with Gasteiger partial charge >= 0.3 is 12.1 Å². The summed E-state index contributed by atoms with van der Waals surface area (Å²) in [6.45, 7) is -0.847. The minimum absolute atomic E-state index is 0.482. The lowest BCUT2D eigenvalue weighted by molar-refractivity contribution is -0.142. The molecule has 1 rings (SSSR count). The summed E-state index contributed by atoms with van der Waals surface area (Å²) in [5, 5.41) is 0. The van der Waals surface area contributed by atoms with Gasteiger partial charge in [0.2, 0.25) is 0 Å². The van der Waals surface area contributed by atoms with Crippen LogP contribution in [-0.4, -0.2) is 28.1 Å². The zero-order valence-electron chi connectivity index (χ0n) is 9.60. The molecule has 0 saturated heterocycles. The molecule has 1 aromatic carbocycles. The van der Waals surface area contributed by atoms with Gasteiger partial charge in [0.05, 0.1) is 17.6 Å². The molecule has 0 aliphatic heterocycles. The van der Waals surface area contributed by atoms with E-state index >= 15 is 0 Å². The first-order chi connectivity index (χ1) is 8.66. The molecule has 0 aliphatic rings. The van der Waals surface area contributed by atoms with Gasteiger partial charge in [0, 0.05) is 0 Å². The van der Waals surface area contributed by atoms with E-state index in [9.17, 15) is 26.4 Å². The zero-order chi connectivity index (χ0) is 14.7. The van der Waals surface area contributed by atoms with E-state index in [0.29, 0.717) is 12.1 Å². The van der Waals surface area contributed by atoms with Crippen LogP contribution >= 0.6 is 0 Å². The number of carbonyl (C=O) groups excluding carboxylic acids is 1. The van der Waals surface area contributed by atoms with Gasteiger partial charge in [-0.1, -0.05) is 0 Å². The summed E-state index contributed by atoms with van der Waals surface area (Å²) in [4.78, 5) is 10.2. The van der Waals surface area contributed by atoms with Gasteiger partial charge in [-0.25, -0.2) is 4.79 Å². The van der Waals surface area contributed by atoms with Crippen LogP contribution in [0.2, 0.25) is 0 Å². The van der Waals surface area contributed by atoms with E-state index in [-0.39, 0.29) is 0 Å². The minimum Gasteiger partial charge on any atom is -0.467 e. The van der Waals surface area contributed by atoms with Crippen LogP contribution in [0.3, 0.4) is 0 Å². The molecule has 0 spiro atoms. The summed E-state index contributed by atoms with van der Waals surface area (Å²) in [5.74, 6) is -0.921. The number of halogens is 3. The topological polar surface area (TPSA) is 69.7 Å². The number of esters is 1. The van der Waals surface area contributed by atoms with Gasteiger partial charge in [-0.2, -0.15) is 21.6 Å². The highest BCUT2D eigenvalue weighted by Gasteiger charge is 2.30. The molecule has 1 aromatic rings. The van der Waals surface area contributed by atoms with E-state index in [1.807, 2.05) is 0 Å². The first kappa shape index (κ1) is 15.4. The number of alkyl halides is 3. The Hall–Kier alpha value is -1.61. The largest absolute Gasteiger partial charge is 0.467 e. The molecule has 0 unspecified atom stereocenters. The van der Waals surface area contributed by atoms with E-state index in [4.69, 9.17) is 0 Å². The third kappa shape index (κ3) is 4.21. The number of benzene rings is 1. The van der Waals surface area contributed by atoms with Crippen molar-refractivity contribution in [2.45, 2.75) is 11.1 Å². The fourth-order valence-electron chi connectivity index (χ4n) is 1.06. The fraction of sp³-hybridized carbons (Fsp3) is 0.300. The average molecular weight is 298 g/mol. The van der Waals surface area contributed by atoms with Crippen molar-refractivity contribution < 1.29 is 35.3 Å². The first-order valence-corrected chi connectivity index (χ1v) is 6.21. The van der Waals surface area contributed by atoms with Crippen LogP contribution in [0.25, 0.3) is 0 Å². The van der Waals surface area contributed by atoms with Crippen LogP contribution in [0.1, 0.15) is 5.56 Å². The molecular formula is C10H9F3O5S. The summed E-state index contributed by atoms with van der Waals surface area (Å²) in [6.07, 6.45) is -4.56. The smallest absolute Gasteiger partial charge is 0.416 e. The van der Waals surface area contributed by atoms with Crippen molar-refractivity contribution in [3.05, 3.63) is 29.8 Å². The van der Waals surface area contributed by atoms with Crippen molar-refractivity contribution in [3.63, 3.8) is 0 Å². The molecule has 0 heterocycles. The molecule has 0 bridgehead atoms. The molecule has 19 heavy (non-hydrogen) atoms. The van der Waals surface area contributed by atoms with Crippen molar-refractivity contribution in [3.8, 4) is 0 Å². The molecule has 5 nitrogen and oxygen atoms in total. The maximum atomic E-state index is 12.3. The second kappa shape index (κ2) is 5.57. The van der Waals surface area contributed by atoms with Crippen molar-refractivity contribution in [1.29, 1.82) is 0 Å². The standard InChI is InChI=1S/C10H9F3O5S/c1-17-9(14)6-18-19(15,16)8-4-2-7(3-5-8)10(11,12)13/h2-5H,6H2,1H3. The number of rotatable bonds is 4. The summed E-state index contributed by atoms with van der Waals surface area (Å²) in [5.41, 5.74) is -0.987. The van der Waals surface area contributed by atoms with Crippen LogP contribution in [0.5, 0.6) is 0 Å². The Kier molecular flexibility index (Phi) is 4.53. The Morgan fingerprint density at radius 3 is 2.16 bits per heavy atom. The molecule has 106 valence electrons. The Morgan fingerprint density at radius 2 is 1.74 bits per heavy atom. The van der Waals surface area contributed by atoms with Gasteiger partial charge in [0.1, 0.15) is 0 Å². The predicted molar refractivity (Wildman–Crippen MR) is 56.6 cm³/mol. The molecule has 0 amide bonds. The Labute approximate surface area is 107 Å². The van der Waals surface area contributed by atoms with Gasteiger partial charge in [-0.3, -0.25) is 4.18 Å². The van der Waals surface area contributed by atoms with Crippen molar-refractivity contribution in [2.24, 2.45) is 0 Å². The zero-order valence-corrected chi connectivity index (χ0v) is 10.4. The van der Waals surface area contributed by atoms with Gasteiger partial charge in [-0.15, -0.1) is 0 Å². The SMILES string of the molecule is COC(=O)COS(=O)(=O)c1ccc(C(F)(F)F)cc1. The minimum atomic E-state index is -4.56. The summed E-state index contributed by atoms with van der Waals surface area (Å²) >= 11 is 0. The van der Waals surface area contributed by atoms with Crippen LogP contribution in [0.4, 0.5) is 13.2 Å². The first-order valence-electron chi connectivity index (χ1n) is 4.80. The lowest BCUT2D eigenvalue weighted by atomic mass is 10.2. The Morgan fingerprint density at radius 1 is 1.21 bits per heavy atom. The summed E-state index contributed by atoms with van der Waals surface area (Å²) in [7, 11) is -3.26. The predicted octanol–water partition coefficient (Wildman–Crippen LogP) is 1.58. The number of ether oxygens (including phenoxy) is 1. The summed E-state index contributed by atoms with van der Waals surface area (Å²) < 4.78 is 68.3. The van der Waals surface area contributed by atoms with E-state index in [0.717, 1.165) is 19.2 Å². The average Bonchev–Trinajstić information content (AvgIpc) is 2.35. The fourth-order valence-corrected chi connectivity index (χ4v) is 1.92. The highest BCUT2D eigenvalue weighted by atomic mass is 32.2. The molecule has 0 aliphatic carbocycles. The molecule has 0 radical (unpaired) electrons. The number of hydrogen-bond donors (Lipinski definition) is 0. The maximum Gasteiger partial charge on any atom is 0.416 e. The van der Waals surface area contributed by atoms with Crippen LogP contribution in [0, 0.1) is 0 Å². The van der Waals surface area contributed by atoms with Gasteiger partial charge < -0.3 is 4.74 Å². The third-order valence-corrected chi connectivity index (χ3v) is 3.31. The lowest BCUT2D eigenvalue weighted by Crippen LogP contribution is -2.15. The number of methoxy groups -OCH3 is 1. The van der Waals surface area contributed by atoms with Crippen LogP contribution < -0.4 is 0 Å². The quantitative estimate of drug-likeness (QED) is 0.623. The molecule has 0 N–H and O–H groups in total. The van der Waals surface area contributed by atoms with Crippen LogP contribution in [0.15, 0.2) is 29.2 Å². The van der Waals surface area contributed by atoms with E-state index in [1.54, 1.807) is 0 Å². The molecule has 0 aromatic heterocycles. The highest BCUT2D eigenvalue weighted by Crippen LogP contribution is 2.29.